The Balaban J connectivity index is 0.00000147. The van der Waals surface area contributed by atoms with Crippen LogP contribution in [0.4, 0.5) is 5.69 Å². The molecule has 0 aliphatic rings. The molecule has 0 bridgehead atoms. The van der Waals surface area contributed by atoms with Gasteiger partial charge in [-0.25, -0.2) is 0 Å². The zero-order chi connectivity index (χ0) is 13.2. The number of nitrogen functional groups attached to an aromatic ring is 1. The fourth-order valence-electron chi connectivity index (χ4n) is 2.18. The van der Waals surface area contributed by atoms with Crippen LogP contribution in [-0.2, 0) is 13.0 Å². The van der Waals surface area contributed by atoms with E-state index in [9.17, 15) is 0 Å². The highest BCUT2D eigenvalue weighted by molar-refractivity contribution is 7.19. The van der Waals surface area contributed by atoms with Crippen LogP contribution in [-0.4, -0.2) is 12.0 Å². The number of hydrogen-bond donors (Lipinski definition) is 2. The molecule has 0 aliphatic carbocycles. The van der Waals surface area contributed by atoms with E-state index in [1.54, 1.807) is 23.8 Å². The van der Waals surface area contributed by atoms with E-state index in [1.165, 1.54) is 10.4 Å². The van der Waals surface area contributed by atoms with Gasteiger partial charge in [-0.15, -0.1) is 23.7 Å². The van der Waals surface area contributed by atoms with E-state index in [-0.39, 0.29) is 12.4 Å². The third-order valence-electron chi connectivity index (χ3n) is 3.05. The summed E-state index contributed by atoms with van der Waals surface area (Å²) >= 11 is 1.71. The van der Waals surface area contributed by atoms with Gasteiger partial charge in [0.1, 0.15) is 5.76 Å². The van der Waals surface area contributed by atoms with Crippen LogP contribution in [0.15, 0.2) is 35.1 Å². The molecule has 0 atom stereocenters. The first-order valence-corrected chi connectivity index (χ1v) is 6.93. The fraction of sp³-hybridized carbons (Fsp3) is 0.214. The van der Waals surface area contributed by atoms with Crippen molar-refractivity contribution < 1.29 is 4.42 Å². The number of thiophene rings is 1. The number of aromatic nitrogens is 1. The topological polar surface area (TPSA) is 64.1 Å². The molecule has 6 heteroatoms. The number of furan rings is 1. The summed E-state index contributed by atoms with van der Waals surface area (Å²) in [6.45, 7) is 0.816. The van der Waals surface area contributed by atoms with E-state index in [1.807, 2.05) is 25.2 Å². The normalized spacial score (nSPS) is 10.7. The maximum atomic E-state index is 6.03. The number of halogens is 1. The zero-order valence-electron chi connectivity index (χ0n) is 11.1. The van der Waals surface area contributed by atoms with Gasteiger partial charge in [0.25, 0.3) is 0 Å². The molecule has 0 fully saturated rings. The molecule has 0 aromatic carbocycles. The number of fused-ring (bicyclic) bond motifs is 1. The minimum atomic E-state index is 0. The molecule has 0 saturated carbocycles. The van der Waals surface area contributed by atoms with Crippen LogP contribution in [0.3, 0.4) is 0 Å². The van der Waals surface area contributed by atoms with Crippen LogP contribution < -0.4 is 11.1 Å². The summed E-state index contributed by atoms with van der Waals surface area (Å²) in [6, 6.07) is 5.74. The Morgan fingerprint density at radius 3 is 2.95 bits per heavy atom. The van der Waals surface area contributed by atoms with Crippen molar-refractivity contribution in [3.63, 3.8) is 0 Å². The SMILES string of the molecule is CNCc1sc2c(N)ccnc2c1Cc1ccco1.Cl. The van der Waals surface area contributed by atoms with Gasteiger partial charge in [0.2, 0.25) is 0 Å². The lowest BCUT2D eigenvalue weighted by atomic mass is 10.1. The lowest BCUT2D eigenvalue weighted by Crippen LogP contribution is -2.05. The Hall–Kier alpha value is -1.56. The first-order chi connectivity index (χ1) is 9.29. The van der Waals surface area contributed by atoms with Crippen molar-refractivity contribution >= 4 is 39.6 Å². The largest absolute Gasteiger partial charge is 0.469 e. The Morgan fingerprint density at radius 1 is 1.40 bits per heavy atom. The molecule has 0 spiro atoms. The quantitative estimate of drug-likeness (QED) is 0.777. The summed E-state index contributed by atoms with van der Waals surface area (Å²) in [5, 5.41) is 3.20. The number of nitrogens with zero attached hydrogens (tertiary/aromatic N) is 1. The van der Waals surface area contributed by atoms with Crippen molar-refractivity contribution in [2.75, 3.05) is 12.8 Å². The molecule has 3 aromatic heterocycles. The number of nitrogens with two attached hydrogens (primary N) is 1. The van der Waals surface area contributed by atoms with Crippen molar-refractivity contribution in [2.45, 2.75) is 13.0 Å². The summed E-state index contributed by atoms with van der Waals surface area (Å²) < 4.78 is 6.51. The van der Waals surface area contributed by atoms with Gasteiger partial charge in [0.05, 0.1) is 22.2 Å². The molecule has 20 heavy (non-hydrogen) atoms. The van der Waals surface area contributed by atoms with Gasteiger partial charge in [-0.1, -0.05) is 0 Å². The molecule has 0 saturated heterocycles. The van der Waals surface area contributed by atoms with Gasteiger partial charge in [0, 0.05) is 29.6 Å². The summed E-state index contributed by atoms with van der Waals surface area (Å²) in [5.41, 5.74) is 9.02. The molecule has 0 amide bonds. The zero-order valence-corrected chi connectivity index (χ0v) is 12.7. The number of anilines is 1. The molecule has 0 unspecified atom stereocenters. The second-order valence-corrected chi connectivity index (χ2v) is 5.47. The summed E-state index contributed by atoms with van der Waals surface area (Å²) in [6.07, 6.45) is 4.21. The van der Waals surface area contributed by atoms with E-state index in [0.29, 0.717) is 0 Å². The summed E-state index contributed by atoms with van der Waals surface area (Å²) in [7, 11) is 1.94. The molecule has 106 valence electrons. The van der Waals surface area contributed by atoms with Gasteiger partial charge in [-0.3, -0.25) is 4.98 Å². The number of hydrogen-bond acceptors (Lipinski definition) is 5. The van der Waals surface area contributed by atoms with E-state index in [0.717, 1.165) is 34.6 Å². The van der Waals surface area contributed by atoms with Crippen molar-refractivity contribution in [1.29, 1.82) is 0 Å². The predicted octanol–water partition coefficient (Wildman–Crippen LogP) is 3.20. The molecule has 0 radical (unpaired) electrons. The van der Waals surface area contributed by atoms with E-state index < -0.39 is 0 Å². The van der Waals surface area contributed by atoms with Gasteiger partial charge >= 0.3 is 0 Å². The molecule has 3 heterocycles. The van der Waals surface area contributed by atoms with Crippen LogP contribution in [0.2, 0.25) is 0 Å². The maximum Gasteiger partial charge on any atom is 0.108 e. The molecular weight excluding hydrogens is 294 g/mol. The highest BCUT2D eigenvalue weighted by atomic mass is 35.5. The van der Waals surface area contributed by atoms with Gasteiger partial charge in [-0.2, -0.15) is 0 Å². The average molecular weight is 310 g/mol. The molecule has 3 rings (SSSR count). The van der Waals surface area contributed by atoms with Crippen LogP contribution in [0.1, 0.15) is 16.2 Å². The van der Waals surface area contributed by atoms with Crippen molar-refractivity contribution in [2.24, 2.45) is 0 Å². The predicted molar refractivity (Wildman–Crippen MR) is 85.6 cm³/mol. The third-order valence-corrected chi connectivity index (χ3v) is 4.32. The van der Waals surface area contributed by atoms with Crippen LogP contribution in [0.5, 0.6) is 0 Å². The van der Waals surface area contributed by atoms with Gasteiger partial charge in [0.15, 0.2) is 0 Å². The molecular formula is C14H16ClN3OS. The highest BCUT2D eigenvalue weighted by Crippen LogP contribution is 2.34. The minimum absolute atomic E-state index is 0. The minimum Gasteiger partial charge on any atom is -0.469 e. The lowest BCUT2D eigenvalue weighted by molar-refractivity contribution is 0.521. The summed E-state index contributed by atoms with van der Waals surface area (Å²) in [4.78, 5) is 5.75. The molecule has 0 aliphatic heterocycles. The fourth-order valence-corrected chi connectivity index (χ4v) is 3.39. The Morgan fingerprint density at radius 2 is 2.25 bits per heavy atom. The van der Waals surface area contributed by atoms with Crippen LogP contribution in [0, 0.1) is 0 Å². The van der Waals surface area contributed by atoms with E-state index >= 15 is 0 Å². The lowest BCUT2D eigenvalue weighted by Gasteiger charge is -2.02. The highest BCUT2D eigenvalue weighted by Gasteiger charge is 2.15. The van der Waals surface area contributed by atoms with Gasteiger partial charge in [-0.05, 0) is 25.2 Å². The van der Waals surface area contributed by atoms with Crippen molar-refractivity contribution in [3.05, 3.63) is 46.9 Å². The second-order valence-electron chi connectivity index (χ2n) is 4.37. The van der Waals surface area contributed by atoms with E-state index in [4.69, 9.17) is 10.2 Å². The standard InChI is InChI=1S/C14H15N3OS.ClH/c1-16-8-12-10(7-9-3-2-6-18-9)13-14(19-12)11(15)4-5-17-13;/h2-6,16H,7-8H2,1H3,(H2,15,17);1H. The smallest absolute Gasteiger partial charge is 0.108 e. The first kappa shape index (κ1) is 14.8. The summed E-state index contributed by atoms with van der Waals surface area (Å²) in [5.74, 6) is 0.946. The number of nitrogens with one attached hydrogen (secondary N) is 1. The van der Waals surface area contributed by atoms with Crippen molar-refractivity contribution in [1.82, 2.24) is 10.3 Å². The average Bonchev–Trinajstić information content (AvgIpc) is 3.01. The molecule has 3 aromatic rings. The third kappa shape index (κ3) is 2.65. The first-order valence-electron chi connectivity index (χ1n) is 6.11. The van der Waals surface area contributed by atoms with E-state index in [2.05, 4.69) is 10.3 Å². The van der Waals surface area contributed by atoms with Crippen molar-refractivity contribution in [3.8, 4) is 0 Å². The Kier molecular flexibility index (Phi) is 4.65. The molecule has 4 nitrogen and oxygen atoms in total. The Labute approximate surface area is 127 Å². The molecule has 3 N–H and O–H groups in total. The second kappa shape index (κ2) is 6.26. The van der Waals surface area contributed by atoms with Crippen LogP contribution >= 0.6 is 23.7 Å². The Bertz CT molecular complexity index is 694. The number of rotatable bonds is 4. The van der Waals surface area contributed by atoms with Crippen LogP contribution in [0.25, 0.3) is 10.2 Å². The number of pyridine rings is 1. The maximum absolute atomic E-state index is 6.03. The monoisotopic (exact) mass is 309 g/mol. The van der Waals surface area contributed by atoms with Gasteiger partial charge < -0.3 is 15.5 Å².